The first-order valence-electron chi connectivity index (χ1n) is 11.0. The number of rotatable bonds is 14. The zero-order valence-electron chi connectivity index (χ0n) is 17.9. The largest absolute Gasteiger partial charge is 0.478 e. The lowest BCUT2D eigenvalue weighted by Gasteiger charge is -2.10. The van der Waals surface area contributed by atoms with Crippen molar-refractivity contribution in [2.45, 2.75) is 63.8 Å². The van der Waals surface area contributed by atoms with Crippen molar-refractivity contribution in [2.24, 2.45) is 0 Å². The summed E-state index contributed by atoms with van der Waals surface area (Å²) in [5, 5.41) is 13.5. The van der Waals surface area contributed by atoms with Crippen LogP contribution in [-0.4, -0.2) is 33.0 Å². The molecule has 1 amide bonds. The third-order valence-electron chi connectivity index (χ3n) is 5.19. The number of hydrogen-bond donors (Lipinski definition) is 2. The minimum atomic E-state index is -1.07. The van der Waals surface area contributed by atoms with E-state index in [2.05, 4.69) is 42.6 Å². The predicted molar refractivity (Wildman–Crippen MR) is 124 cm³/mol. The van der Waals surface area contributed by atoms with Crippen LogP contribution in [-0.2, 0) is 0 Å². The highest BCUT2D eigenvalue weighted by molar-refractivity contribution is 6.54. The molecule has 1 atom stereocenters. The molecule has 0 unspecified atom stereocenters. The smallest absolute Gasteiger partial charge is 0.336 e. The summed E-state index contributed by atoms with van der Waals surface area (Å²) >= 11 is 0. The Labute approximate surface area is 182 Å². The summed E-state index contributed by atoms with van der Waals surface area (Å²) < 4.78 is 0. The topological polar surface area (TPSA) is 66.4 Å². The van der Waals surface area contributed by atoms with Gasteiger partial charge in [0.1, 0.15) is 0 Å². The van der Waals surface area contributed by atoms with E-state index in [4.69, 9.17) is 5.11 Å². The fraction of sp³-hybridized carbons (Fsp3) is 0.440. The van der Waals surface area contributed by atoms with Crippen LogP contribution < -0.4 is 10.5 Å². The second kappa shape index (κ2) is 13.8. The highest BCUT2D eigenvalue weighted by Crippen LogP contribution is 2.15. The molecule has 0 heterocycles. The predicted octanol–water partition coefficient (Wildman–Crippen LogP) is 5.07. The maximum Gasteiger partial charge on any atom is 0.336 e. The number of aromatic carboxylic acids is 1. The number of benzene rings is 2. The van der Waals surface area contributed by atoms with Crippen LogP contribution >= 0.6 is 0 Å². The fourth-order valence-electron chi connectivity index (χ4n) is 3.52. The van der Waals surface area contributed by atoms with E-state index in [9.17, 15) is 9.59 Å². The second-order valence-corrected chi connectivity index (χ2v) is 9.63. The van der Waals surface area contributed by atoms with Crippen molar-refractivity contribution in [3.63, 3.8) is 0 Å². The molecule has 2 radical (unpaired) electrons. The molecule has 0 aliphatic heterocycles. The van der Waals surface area contributed by atoms with Gasteiger partial charge >= 0.3 is 5.97 Å². The van der Waals surface area contributed by atoms with Gasteiger partial charge in [-0.2, -0.15) is 0 Å². The number of hydrogen-bond acceptors (Lipinski definition) is 2. The highest BCUT2D eigenvalue weighted by atomic mass is 28.2. The Hall–Kier alpha value is -2.40. The summed E-state index contributed by atoms with van der Waals surface area (Å²) in [6, 6.07) is 17.1. The van der Waals surface area contributed by atoms with Crippen LogP contribution in [0.2, 0.25) is 5.54 Å². The number of nitrogens with one attached hydrogen (secondary N) is 1. The number of unbranched alkanes of at least 4 members (excludes halogenated alkanes) is 6. The average Bonchev–Trinajstić information content (AvgIpc) is 2.75. The summed E-state index contributed by atoms with van der Waals surface area (Å²) in [5.74, 6) is -1.38. The first-order chi connectivity index (χ1) is 14.6. The zero-order valence-corrected chi connectivity index (χ0v) is 18.9. The van der Waals surface area contributed by atoms with Gasteiger partial charge in [0.25, 0.3) is 5.91 Å². The van der Waals surface area contributed by atoms with Crippen molar-refractivity contribution >= 4 is 26.6 Å². The van der Waals surface area contributed by atoms with Gasteiger partial charge in [-0.25, -0.2) is 4.79 Å². The van der Waals surface area contributed by atoms with Crippen molar-refractivity contribution in [3.8, 4) is 0 Å². The molecule has 0 aliphatic rings. The lowest BCUT2D eigenvalue weighted by Crippen LogP contribution is -2.26. The van der Waals surface area contributed by atoms with Crippen molar-refractivity contribution < 1.29 is 14.7 Å². The van der Waals surface area contributed by atoms with Gasteiger partial charge in [-0.15, -0.1) is 0 Å². The van der Waals surface area contributed by atoms with Crippen LogP contribution in [0, 0.1) is 0 Å². The normalized spacial score (nSPS) is 11.8. The van der Waals surface area contributed by atoms with Gasteiger partial charge in [0.2, 0.25) is 0 Å². The van der Waals surface area contributed by atoms with E-state index >= 15 is 0 Å². The third-order valence-corrected chi connectivity index (χ3v) is 6.64. The molecule has 30 heavy (non-hydrogen) atoms. The summed E-state index contributed by atoms with van der Waals surface area (Å²) in [4.78, 5) is 23.4. The van der Waals surface area contributed by atoms with Gasteiger partial charge in [0.05, 0.1) is 20.6 Å². The van der Waals surface area contributed by atoms with Crippen LogP contribution in [0.1, 0.15) is 79.0 Å². The zero-order chi connectivity index (χ0) is 21.6. The Morgan fingerprint density at radius 3 is 2.07 bits per heavy atom. The Kier molecular flexibility index (Phi) is 10.9. The van der Waals surface area contributed by atoms with E-state index in [0.29, 0.717) is 6.54 Å². The molecule has 4 nitrogen and oxygen atoms in total. The van der Waals surface area contributed by atoms with E-state index in [1.165, 1.54) is 49.8 Å². The Morgan fingerprint density at radius 2 is 1.40 bits per heavy atom. The maximum absolute atomic E-state index is 12.2. The number of carbonyl (C=O) groups excluding carboxylic acids is 1. The first kappa shape index (κ1) is 23.9. The van der Waals surface area contributed by atoms with E-state index in [0.717, 1.165) is 27.9 Å². The van der Waals surface area contributed by atoms with Crippen molar-refractivity contribution in [2.75, 3.05) is 6.54 Å². The lowest BCUT2D eigenvalue weighted by atomic mass is 10.1. The first-order valence-corrected chi connectivity index (χ1v) is 12.1. The van der Waals surface area contributed by atoms with Crippen molar-refractivity contribution in [1.82, 2.24) is 5.32 Å². The number of amides is 1. The quantitative estimate of drug-likeness (QED) is 0.329. The Morgan fingerprint density at radius 1 is 0.833 bits per heavy atom. The molecule has 0 aliphatic carbocycles. The van der Waals surface area contributed by atoms with Crippen LogP contribution in [0.15, 0.2) is 54.6 Å². The third kappa shape index (κ3) is 8.95. The van der Waals surface area contributed by atoms with Crippen LogP contribution in [0.3, 0.4) is 0 Å². The van der Waals surface area contributed by atoms with E-state index < -0.39 is 5.97 Å². The number of carbonyl (C=O) groups is 2. The Bertz CT molecular complexity index is 779. The van der Waals surface area contributed by atoms with Gasteiger partial charge in [-0.05, 0) is 24.1 Å². The SMILES string of the molecule is C[C@@H](CCCCCCCCCNC(=O)c1ccccc1C(=O)O)[Si]c1ccccc1. The lowest BCUT2D eigenvalue weighted by molar-refractivity contribution is 0.0691. The Balaban J connectivity index is 1.47. The van der Waals surface area contributed by atoms with Gasteiger partial charge in [0.15, 0.2) is 0 Å². The molecule has 0 saturated carbocycles. The molecule has 2 aromatic rings. The molecule has 160 valence electrons. The van der Waals surface area contributed by atoms with Crippen LogP contribution in [0.4, 0.5) is 0 Å². The fourth-order valence-corrected chi connectivity index (χ4v) is 4.82. The van der Waals surface area contributed by atoms with Crippen LogP contribution in [0.25, 0.3) is 0 Å². The minimum Gasteiger partial charge on any atom is -0.478 e. The van der Waals surface area contributed by atoms with E-state index in [-0.39, 0.29) is 17.0 Å². The number of carboxylic acid groups (broad SMARTS) is 1. The van der Waals surface area contributed by atoms with Gasteiger partial charge in [0, 0.05) is 6.54 Å². The minimum absolute atomic E-state index is 0.0496. The maximum atomic E-state index is 12.2. The molecule has 2 rings (SSSR count). The molecule has 0 bridgehead atoms. The van der Waals surface area contributed by atoms with Gasteiger partial charge < -0.3 is 10.4 Å². The molecule has 2 aromatic carbocycles. The summed E-state index contributed by atoms with van der Waals surface area (Å²) in [6.07, 6.45) is 9.62. The molecular weight excluding hydrogens is 390 g/mol. The summed E-state index contributed by atoms with van der Waals surface area (Å²) in [6.45, 7) is 2.94. The average molecular weight is 424 g/mol. The van der Waals surface area contributed by atoms with E-state index in [1.807, 2.05) is 0 Å². The second-order valence-electron chi connectivity index (χ2n) is 7.78. The highest BCUT2D eigenvalue weighted by Gasteiger charge is 2.14. The molecule has 2 N–H and O–H groups in total. The molecule has 5 heteroatoms. The van der Waals surface area contributed by atoms with Crippen molar-refractivity contribution in [3.05, 3.63) is 65.7 Å². The molecule has 0 fully saturated rings. The van der Waals surface area contributed by atoms with Crippen molar-refractivity contribution in [1.29, 1.82) is 0 Å². The molecule has 0 aromatic heterocycles. The van der Waals surface area contributed by atoms with Gasteiger partial charge in [-0.3, -0.25) is 4.79 Å². The van der Waals surface area contributed by atoms with Crippen LogP contribution in [0.5, 0.6) is 0 Å². The summed E-state index contributed by atoms with van der Waals surface area (Å²) in [7, 11) is 0.908. The van der Waals surface area contributed by atoms with E-state index in [1.54, 1.807) is 18.2 Å². The molecular formula is C25H33NO3Si. The molecule has 0 saturated heterocycles. The van der Waals surface area contributed by atoms with Gasteiger partial charge in [-0.1, -0.05) is 99.5 Å². The molecule has 0 spiro atoms. The monoisotopic (exact) mass is 423 g/mol. The summed E-state index contributed by atoms with van der Waals surface area (Å²) in [5.41, 5.74) is 1.04. The standard InChI is InChI=1S/C25H33NO3Si/c1-20(30-21-15-9-7-10-16-21)14-8-5-3-2-4-6-13-19-26-24(27)22-17-11-12-18-23(22)25(28)29/h7,9-12,15-18,20H,2-6,8,13-14,19H2,1H3,(H,26,27)(H,28,29)/t20-/m0/s1. The number of carboxylic acids is 1.